The molecule has 2 fully saturated rings. The Morgan fingerprint density at radius 3 is 2.35 bits per heavy atom. The molecule has 1 aromatic carbocycles. The third kappa shape index (κ3) is 2.87. The van der Waals surface area contributed by atoms with E-state index in [1.807, 2.05) is 4.90 Å². The molecule has 2 aliphatic rings. The van der Waals surface area contributed by atoms with Crippen LogP contribution in [-0.4, -0.2) is 35.4 Å². The summed E-state index contributed by atoms with van der Waals surface area (Å²) in [6.07, 6.45) is 3.76. The minimum atomic E-state index is -0.382. The number of anilines is 1. The van der Waals surface area contributed by atoms with E-state index in [0.717, 1.165) is 6.42 Å². The van der Waals surface area contributed by atoms with Gasteiger partial charge in [-0.3, -0.25) is 9.59 Å². The number of ether oxygens (including phenoxy) is 1. The van der Waals surface area contributed by atoms with E-state index in [4.69, 9.17) is 27.9 Å². The molecular formula is C18H17Cl2N3O3. The van der Waals surface area contributed by atoms with Crippen molar-refractivity contribution in [3.63, 3.8) is 0 Å². The first-order chi connectivity index (χ1) is 12.5. The van der Waals surface area contributed by atoms with Gasteiger partial charge in [-0.05, 0) is 43.5 Å². The molecule has 0 radical (unpaired) electrons. The van der Waals surface area contributed by atoms with Gasteiger partial charge in [-0.15, -0.1) is 0 Å². The number of nitrogens with zero attached hydrogens (tertiary/aromatic N) is 3. The molecule has 1 aromatic heterocycles. The van der Waals surface area contributed by atoms with Crippen LogP contribution >= 0.6 is 23.2 Å². The summed E-state index contributed by atoms with van der Waals surface area (Å²) in [6.45, 7) is 1.78. The van der Waals surface area contributed by atoms with Crippen molar-refractivity contribution in [2.75, 3.05) is 24.6 Å². The minimum absolute atomic E-state index is 0.0977. The summed E-state index contributed by atoms with van der Waals surface area (Å²) in [5.74, 6) is -0.0977. The van der Waals surface area contributed by atoms with Crippen LogP contribution in [0.3, 0.4) is 0 Å². The third-order valence-corrected chi connectivity index (χ3v) is 5.89. The van der Waals surface area contributed by atoms with Crippen LogP contribution in [0.15, 0.2) is 35.3 Å². The van der Waals surface area contributed by atoms with Crippen LogP contribution in [0.25, 0.3) is 5.69 Å². The summed E-state index contributed by atoms with van der Waals surface area (Å²) in [6, 6.07) is 6.81. The Morgan fingerprint density at radius 2 is 1.73 bits per heavy atom. The molecule has 0 saturated carbocycles. The molecule has 2 aromatic rings. The van der Waals surface area contributed by atoms with Crippen LogP contribution in [0.4, 0.5) is 5.69 Å². The Morgan fingerprint density at radius 1 is 1.04 bits per heavy atom. The zero-order valence-corrected chi connectivity index (χ0v) is 15.5. The lowest BCUT2D eigenvalue weighted by atomic mass is 9.77. The van der Waals surface area contributed by atoms with E-state index >= 15 is 0 Å². The Balaban J connectivity index is 1.59. The lowest BCUT2D eigenvalue weighted by Gasteiger charge is -2.37. The summed E-state index contributed by atoms with van der Waals surface area (Å²) in [4.78, 5) is 26.7. The van der Waals surface area contributed by atoms with E-state index in [1.165, 1.54) is 4.68 Å². The quantitative estimate of drug-likeness (QED) is 0.733. The first-order valence-corrected chi connectivity index (χ1v) is 9.22. The molecule has 0 unspecified atom stereocenters. The normalized spacial score (nSPS) is 19.0. The van der Waals surface area contributed by atoms with Gasteiger partial charge in [0.15, 0.2) is 0 Å². The first-order valence-electron chi connectivity index (χ1n) is 8.46. The van der Waals surface area contributed by atoms with E-state index in [0.29, 0.717) is 48.9 Å². The van der Waals surface area contributed by atoms with Crippen molar-refractivity contribution in [3.05, 3.63) is 50.9 Å². The highest BCUT2D eigenvalue weighted by atomic mass is 35.5. The fourth-order valence-electron chi connectivity index (χ4n) is 3.63. The highest BCUT2D eigenvalue weighted by Crippen LogP contribution is 2.41. The smallest absolute Gasteiger partial charge is 0.312 e. The maximum absolute atomic E-state index is 12.7. The largest absolute Gasteiger partial charge is 0.465 e. The van der Waals surface area contributed by atoms with Crippen LogP contribution in [0.2, 0.25) is 10.0 Å². The van der Waals surface area contributed by atoms with E-state index in [-0.39, 0.29) is 22.0 Å². The maximum atomic E-state index is 12.7. The lowest BCUT2D eigenvalue weighted by Crippen LogP contribution is -2.43. The fourth-order valence-corrected chi connectivity index (χ4v) is 4.01. The van der Waals surface area contributed by atoms with Gasteiger partial charge in [-0.2, -0.15) is 9.78 Å². The van der Waals surface area contributed by atoms with E-state index < -0.39 is 0 Å². The van der Waals surface area contributed by atoms with Gasteiger partial charge < -0.3 is 9.64 Å². The molecule has 6 nitrogen and oxygen atoms in total. The lowest BCUT2D eigenvalue weighted by molar-refractivity contribution is -0.147. The molecule has 3 heterocycles. The number of rotatable bonds is 2. The molecule has 0 bridgehead atoms. The standard InChI is InChI=1S/C18H17Cl2N3O3/c19-12-1-3-13(4-2-12)23-16(24)15(20)14(11-21-23)22-8-5-18(6-9-22)7-10-26-17(18)25/h1-4,11H,5-10H2. The molecular weight excluding hydrogens is 377 g/mol. The van der Waals surface area contributed by atoms with Gasteiger partial charge >= 0.3 is 5.97 Å². The molecule has 136 valence electrons. The van der Waals surface area contributed by atoms with E-state index in [2.05, 4.69) is 5.10 Å². The molecule has 4 rings (SSSR count). The van der Waals surface area contributed by atoms with Crippen molar-refractivity contribution in [1.29, 1.82) is 0 Å². The summed E-state index contributed by atoms with van der Waals surface area (Å²) < 4.78 is 6.40. The first kappa shape index (κ1) is 17.4. The van der Waals surface area contributed by atoms with E-state index in [1.54, 1.807) is 30.5 Å². The monoisotopic (exact) mass is 393 g/mol. The molecule has 0 atom stereocenters. The Kier molecular flexibility index (Phi) is 4.40. The highest BCUT2D eigenvalue weighted by Gasteiger charge is 2.46. The number of aromatic nitrogens is 2. The Bertz CT molecular complexity index is 903. The molecule has 0 N–H and O–H groups in total. The van der Waals surface area contributed by atoms with Crippen molar-refractivity contribution in [3.8, 4) is 5.69 Å². The van der Waals surface area contributed by atoms with Crippen LogP contribution in [-0.2, 0) is 9.53 Å². The Hall–Kier alpha value is -2.05. The molecule has 1 spiro atoms. The summed E-state index contributed by atoms with van der Waals surface area (Å²) in [7, 11) is 0. The molecule has 8 heteroatoms. The summed E-state index contributed by atoms with van der Waals surface area (Å²) in [5.41, 5.74) is 0.448. The van der Waals surface area contributed by atoms with E-state index in [9.17, 15) is 9.59 Å². The van der Waals surface area contributed by atoms with Gasteiger partial charge in [0, 0.05) is 18.1 Å². The van der Waals surface area contributed by atoms with Crippen molar-refractivity contribution in [2.24, 2.45) is 5.41 Å². The number of benzene rings is 1. The van der Waals surface area contributed by atoms with Crippen LogP contribution in [0.5, 0.6) is 0 Å². The topological polar surface area (TPSA) is 64.4 Å². The second-order valence-electron chi connectivity index (χ2n) is 6.69. The highest BCUT2D eigenvalue weighted by molar-refractivity contribution is 6.33. The van der Waals surface area contributed by atoms with Crippen LogP contribution in [0, 0.1) is 5.41 Å². The number of piperidine rings is 1. The summed E-state index contributed by atoms with van der Waals surface area (Å²) in [5, 5.41) is 4.97. The molecule has 2 aliphatic heterocycles. The fraction of sp³-hybridized carbons (Fsp3) is 0.389. The zero-order chi connectivity index (χ0) is 18.3. The SMILES string of the molecule is O=C1OCCC12CCN(c1cnn(-c3ccc(Cl)cc3)c(=O)c1Cl)CC2. The number of esters is 1. The molecule has 2 saturated heterocycles. The number of hydrogen-bond acceptors (Lipinski definition) is 5. The van der Waals surface area contributed by atoms with Crippen LogP contribution in [0.1, 0.15) is 19.3 Å². The average molecular weight is 394 g/mol. The predicted molar refractivity (Wildman–Crippen MR) is 99.3 cm³/mol. The number of hydrogen-bond donors (Lipinski definition) is 0. The Labute approximate surface area is 160 Å². The molecule has 0 aliphatic carbocycles. The van der Waals surface area contributed by atoms with Gasteiger partial charge in [-0.25, -0.2) is 0 Å². The number of carbonyl (C=O) groups is 1. The van der Waals surface area contributed by atoms with Crippen LogP contribution < -0.4 is 10.5 Å². The van der Waals surface area contributed by atoms with Crippen molar-refractivity contribution in [2.45, 2.75) is 19.3 Å². The average Bonchev–Trinajstić information content (AvgIpc) is 2.99. The van der Waals surface area contributed by atoms with Gasteiger partial charge in [0.1, 0.15) is 5.02 Å². The predicted octanol–water partition coefficient (Wildman–Crippen LogP) is 3.07. The van der Waals surface area contributed by atoms with Gasteiger partial charge in [0.05, 0.1) is 29.6 Å². The minimum Gasteiger partial charge on any atom is -0.465 e. The zero-order valence-electron chi connectivity index (χ0n) is 14.0. The second kappa shape index (κ2) is 6.59. The number of cyclic esters (lactones) is 1. The van der Waals surface area contributed by atoms with Crippen molar-refractivity contribution >= 4 is 34.9 Å². The molecule has 26 heavy (non-hydrogen) atoms. The third-order valence-electron chi connectivity index (χ3n) is 5.28. The van der Waals surface area contributed by atoms with Gasteiger partial charge in [0.25, 0.3) is 5.56 Å². The number of halogens is 2. The van der Waals surface area contributed by atoms with Crippen molar-refractivity contribution in [1.82, 2.24) is 9.78 Å². The maximum Gasteiger partial charge on any atom is 0.312 e. The number of carbonyl (C=O) groups excluding carboxylic acids is 1. The summed E-state index contributed by atoms with van der Waals surface area (Å²) >= 11 is 12.2. The van der Waals surface area contributed by atoms with Crippen molar-refractivity contribution < 1.29 is 9.53 Å². The van der Waals surface area contributed by atoms with Gasteiger partial charge in [-0.1, -0.05) is 23.2 Å². The van der Waals surface area contributed by atoms with Gasteiger partial charge in [0.2, 0.25) is 0 Å². The molecule has 0 amide bonds. The second-order valence-corrected chi connectivity index (χ2v) is 7.50.